The molecule has 1 aromatic carbocycles. The van der Waals surface area contributed by atoms with Gasteiger partial charge in [0, 0.05) is 17.1 Å². The molecule has 4 bridgehead atoms. The Labute approximate surface area is 155 Å². The summed E-state index contributed by atoms with van der Waals surface area (Å²) in [5, 5.41) is 5.60. The summed E-state index contributed by atoms with van der Waals surface area (Å²) >= 11 is 0. The molecule has 0 aliphatic heterocycles. The first-order valence-corrected chi connectivity index (χ1v) is 9.68. The first-order chi connectivity index (χ1) is 13.0. The predicted octanol–water partition coefficient (Wildman–Crippen LogP) is 4.14. The smallest absolute Gasteiger partial charge is 0.255 e. The Morgan fingerprint density at radius 1 is 1.11 bits per heavy atom. The molecular formula is C21H20FN3O2. The van der Waals surface area contributed by atoms with E-state index in [1.807, 2.05) is 18.2 Å². The number of hydrogen-bond donors (Lipinski definition) is 1. The zero-order chi connectivity index (χ0) is 18.2. The number of nitrogens with one attached hydrogen (secondary N) is 1. The maximum absolute atomic E-state index is 15.3. The molecule has 2 atom stereocenters. The fourth-order valence-corrected chi connectivity index (χ4v) is 6.34. The van der Waals surface area contributed by atoms with Gasteiger partial charge in [-0.05, 0) is 61.8 Å². The van der Waals surface area contributed by atoms with Crippen LogP contribution in [0, 0.1) is 11.8 Å². The van der Waals surface area contributed by atoms with E-state index in [1.165, 1.54) is 0 Å². The number of fused-ring (bicyclic) bond motifs is 1. The van der Waals surface area contributed by atoms with Gasteiger partial charge in [-0.25, -0.2) is 4.39 Å². The minimum atomic E-state index is -1.07. The molecule has 0 radical (unpaired) electrons. The lowest BCUT2D eigenvalue weighted by Gasteiger charge is -2.57. The number of pyridine rings is 1. The van der Waals surface area contributed by atoms with E-state index in [1.54, 1.807) is 12.3 Å². The molecule has 2 aromatic heterocycles. The van der Waals surface area contributed by atoms with Crippen LogP contribution >= 0.6 is 0 Å². The standard InChI is InChI=1S/C21H20FN3O2/c22-21-8-12-5-13(9-21)7-20(6-12,11-21)19-24-17(25-27-19)16-10-23-18(26)15-4-2-1-3-14(15)16/h1-4,10,12-13H,5-9,11H2,(H,23,26). The monoisotopic (exact) mass is 365 g/mol. The highest BCUT2D eigenvalue weighted by Crippen LogP contribution is 2.63. The number of hydrogen-bond acceptors (Lipinski definition) is 4. The number of H-pyrrole nitrogens is 1. The molecule has 0 amide bonds. The van der Waals surface area contributed by atoms with Gasteiger partial charge in [0.2, 0.25) is 11.7 Å². The molecule has 27 heavy (non-hydrogen) atoms. The summed E-state index contributed by atoms with van der Waals surface area (Å²) in [4.78, 5) is 19.5. The van der Waals surface area contributed by atoms with Crippen LogP contribution in [-0.2, 0) is 5.41 Å². The Balaban J connectivity index is 1.46. The second-order valence-corrected chi connectivity index (χ2v) is 8.89. The summed E-state index contributed by atoms with van der Waals surface area (Å²) in [7, 11) is 0. The van der Waals surface area contributed by atoms with Crippen LogP contribution in [0.4, 0.5) is 4.39 Å². The highest BCUT2D eigenvalue weighted by Gasteiger charge is 2.61. The van der Waals surface area contributed by atoms with Crippen molar-refractivity contribution in [2.75, 3.05) is 0 Å². The molecule has 2 heterocycles. The molecular weight excluding hydrogens is 345 g/mol. The number of halogens is 1. The van der Waals surface area contributed by atoms with Crippen LogP contribution < -0.4 is 5.56 Å². The van der Waals surface area contributed by atoms with Crippen molar-refractivity contribution >= 4 is 10.8 Å². The lowest BCUT2D eigenvalue weighted by Crippen LogP contribution is -2.55. The van der Waals surface area contributed by atoms with Crippen molar-refractivity contribution in [3.63, 3.8) is 0 Å². The predicted molar refractivity (Wildman–Crippen MR) is 98.1 cm³/mol. The first-order valence-electron chi connectivity index (χ1n) is 9.68. The molecule has 4 fully saturated rings. The van der Waals surface area contributed by atoms with Gasteiger partial charge in [0.15, 0.2) is 0 Å². The number of benzene rings is 1. The SMILES string of the molecule is O=c1[nH]cc(-c2noc(C34CC5CC(CC(F)(C5)C3)C4)n2)c2ccccc12. The second kappa shape index (κ2) is 5.06. The van der Waals surface area contributed by atoms with Crippen molar-refractivity contribution in [1.82, 2.24) is 15.1 Å². The average molecular weight is 365 g/mol. The fraction of sp³-hybridized carbons (Fsp3) is 0.476. The van der Waals surface area contributed by atoms with Gasteiger partial charge in [-0.1, -0.05) is 23.4 Å². The van der Waals surface area contributed by atoms with Crippen LogP contribution in [0.1, 0.15) is 44.4 Å². The van der Waals surface area contributed by atoms with E-state index < -0.39 is 5.67 Å². The largest absolute Gasteiger partial charge is 0.338 e. The zero-order valence-electron chi connectivity index (χ0n) is 14.9. The highest BCUT2D eigenvalue weighted by atomic mass is 19.1. The molecule has 3 aromatic rings. The van der Waals surface area contributed by atoms with Gasteiger partial charge in [-0.3, -0.25) is 4.79 Å². The van der Waals surface area contributed by atoms with Crippen LogP contribution in [0.5, 0.6) is 0 Å². The van der Waals surface area contributed by atoms with Gasteiger partial charge in [-0.2, -0.15) is 4.98 Å². The quantitative estimate of drug-likeness (QED) is 0.741. The number of alkyl halides is 1. The summed E-state index contributed by atoms with van der Waals surface area (Å²) in [5.74, 6) is 1.89. The molecule has 4 saturated carbocycles. The number of aromatic nitrogens is 3. The molecule has 0 spiro atoms. The van der Waals surface area contributed by atoms with Crippen LogP contribution in [-0.4, -0.2) is 20.8 Å². The van der Waals surface area contributed by atoms with Crippen LogP contribution in [0.2, 0.25) is 0 Å². The maximum Gasteiger partial charge on any atom is 0.255 e. The third-order valence-corrected chi connectivity index (χ3v) is 6.92. The molecule has 1 N–H and O–H groups in total. The normalized spacial score (nSPS) is 34.4. The van der Waals surface area contributed by atoms with Gasteiger partial charge in [0.1, 0.15) is 5.67 Å². The van der Waals surface area contributed by atoms with E-state index in [4.69, 9.17) is 9.51 Å². The van der Waals surface area contributed by atoms with Crippen molar-refractivity contribution in [2.45, 2.75) is 49.6 Å². The van der Waals surface area contributed by atoms with Crippen LogP contribution in [0.25, 0.3) is 22.2 Å². The second-order valence-electron chi connectivity index (χ2n) is 8.89. The van der Waals surface area contributed by atoms with Crippen LogP contribution in [0.15, 0.2) is 39.8 Å². The van der Waals surface area contributed by atoms with E-state index in [2.05, 4.69) is 10.1 Å². The lowest BCUT2D eigenvalue weighted by molar-refractivity contribution is -0.0979. The molecule has 0 saturated heterocycles. The number of aromatic amines is 1. The van der Waals surface area contributed by atoms with Gasteiger partial charge in [0.25, 0.3) is 5.56 Å². The third kappa shape index (κ3) is 2.19. The summed E-state index contributed by atoms with van der Waals surface area (Å²) in [6.07, 6.45) is 6.55. The van der Waals surface area contributed by atoms with Gasteiger partial charge >= 0.3 is 0 Å². The summed E-state index contributed by atoms with van der Waals surface area (Å²) in [6.45, 7) is 0. The fourth-order valence-electron chi connectivity index (χ4n) is 6.34. The average Bonchev–Trinajstić information content (AvgIpc) is 3.11. The Kier molecular flexibility index (Phi) is 2.91. The van der Waals surface area contributed by atoms with Crippen molar-refractivity contribution in [1.29, 1.82) is 0 Å². The molecule has 138 valence electrons. The third-order valence-electron chi connectivity index (χ3n) is 6.92. The number of nitrogens with zero attached hydrogens (tertiary/aromatic N) is 2. The van der Waals surface area contributed by atoms with Gasteiger partial charge < -0.3 is 9.51 Å². The lowest BCUT2D eigenvalue weighted by atomic mass is 9.48. The Bertz CT molecular complexity index is 1100. The van der Waals surface area contributed by atoms with Crippen LogP contribution in [0.3, 0.4) is 0 Å². The zero-order valence-corrected chi connectivity index (χ0v) is 14.9. The minimum absolute atomic E-state index is 0.140. The Morgan fingerprint density at radius 3 is 2.59 bits per heavy atom. The molecule has 4 aliphatic carbocycles. The summed E-state index contributed by atoms with van der Waals surface area (Å²) < 4.78 is 21.0. The first kappa shape index (κ1) is 15.5. The van der Waals surface area contributed by atoms with E-state index in [-0.39, 0.29) is 11.0 Å². The van der Waals surface area contributed by atoms with Crippen molar-refractivity contribution < 1.29 is 8.91 Å². The highest BCUT2D eigenvalue weighted by molar-refractivity contribution is 5.93. The van der Waals surface area contributed by atoms with E-state index >= 15 is 4.39 Å². The molecule has 7 rings (SSSR count). The molecule has 2 unspecified atom stereocenters. The van der Waals surface area contributed by atoms with Gasteiger partial charge in [0.05, 0.1) is 5.41 Å². The molecule has 6 heteroatoms. The van der Waals surface area contributed by atoms with E-state index in [0.29, 0.717) is 48.2 Å². The maximum atomic E-state index is 15.3. The topological polar surface area (TPSA) is 71.8 Å². The van der Waals surface area contributed by atoms with E-state index in [0.717, 1.165) is 30.2 Å². The number of rotatable bonds is 2. The van der Waals surface area contributed by atoms with Crippen molar-refractivity contribution in [3.05, 3.63) is 46.7 Å². The van der Waals surface area contributed by atoms with E-state index in [9.17, 15) is 4.79 Å². The van der Waals surface area contributed by atoms with Crippen molar-refractivity contribution in [3.8, 4) is 11.4 Å². The molecule has 5 nitrogen and oxygen atoms in total. The summed E-state index contributed by atoms with van der Waals surface area (Å²) in [5.41, 5.74) is -0.788. The molecule has 4 aliphatic rings. The Morgan fingerprint density at radius 2 is 1.85 bits per heavy atom. The summed E-state index contributed by atoms with van der Waals surface area (Å²) in [6, 6.07) is 7.39. The van der Waals surface area contributed by atoms with Crippen molar-refractivity contribution in [2.24, 2.45) is 11.8 Å². The van der Waals surface area contributed by atoms with Gasteiger partial charge in [-0.15, -0.1) is 0 Å². The minimum Gasteiger partial charge on any atom is -0.338 e. The Hall–Kier alpha value is -2.50.